The van der Waals surface area contributed by atoms with Crippen LogP contribution in [-0.4, -0.2) is 27.4 Å². The van der Waals surface area contributed by atoms with Crippen LogP contribution in [0.15, 0.2) is 88.8 Å². The SMILES string of the molecule is O=C(CSc1nc2ccccc2c(=O)[nH]1)Nc1ccccc1C(=O)c1ccccc1. The van der Waals surface area contributed by atoms with Crippen molar-refractivity contribution < 1.29 is 9.59 Å². The first kappa shape index (κ1) is 19.6. The maximum absolute atomic E-state index is 12.8. The second-order valence-corrected chi connectivity index (χ2v) is 7.43. The number of H-pyrrole nitrogens is 1. The number of rotatable bonds is 6. The van der Waals surface area contributed by atoms with Gasteiger partial charge < -0.3 is 10.3 Å². The molecule has 1 aromatic heterocycles. The van der Waals surface area contributed by atoms with Gasteiger partial charge in [0.25, 0.3) is 5.56 Å². The van der Waals surface area contributed by atoms with Crippen molar-refractivity contribution in [3.8, 4) is 0 Å². The molecule has 148 valence electrons. The third-order valence-electron chi connectivity index (χ3n) is 4.41. The maximum atomic E-state index is 12.8. The minimum absolute atomic E-state index is 0.0368. The van der Waals surface area contributed by atoms with Gasteiger partial charge >= 0.3 is 0 Å². The molecular formula is C23H17N3O3S. The van der Waals surface area contributed by atoms with Crippen molar-refractivity contribution in [2.24, 2.45) is 0 Å². The normalized spacial score (nSPS) is 10.7. The molecule has 3 aromatic carbocycles. The summed E-state index contributed by atoms with van der Waals surface area (Å²) in [4.78, 5) is 44.5. The van der Waals surface area contributed by atoms with Crippen LogP contribution in [0.1, 0.15) is 15.9 Å². The van der Waals surface area contributed by atoms with E-state index in [4.69, 9.17) is 0 Å². The van der Waals surface area contributed by atoms with Crippen molar-refractivity contribution >= 4 is 40.0 Å². The van der Waals surface area contributed by atoms with Crippen LogP contribution in [0, 0.1) is 0 Å². The molecule has 0 unspecified atom stereocenters. The van der Waals surface area contributed by atoms with Crippen molar-refractivity contribution in [2.75, 3.05) is 11.1 Å². The Kier molecular flexibility index (Phi) is 5.72. The summed E-state index contributed by atoms with van der Waals surface area (Å²) in [7, 11) is 0. The van der Waals surface area contributed by atoms with E-state index in [-0.39, 0.29) is 23.0 Å². The highest BCUT2D eigenvalue weighted by atomic mass is 32.2. The Labute approximate surface area is 176 Å². The lowest BCUT2D eigenvalue weighted by molar-refractivity contribution is -0.113. The Morgan fingerprint density at radius 3 is 2.43 bits per heavy atom. The molecule has 0 fully saturated rings. The van der Waals surface area contributed by atoms with Gasteiger partial charge in [-0.3, -0.25) is 14.4 Å². The first-order chi connectivity index (χ1) is 14.6. The van der Waals surface area contributed by atoms with Crippen molar-refractivity contribution in [3.63, 3.8) is 0 Å². The highest BCUT2D eigenvalue weighted by molar-refractivity contribution is 7.99. The van der Waals surface area contributed by atoms with E-state index < -0.39 is 0 Å². The van der Waals surface area contributed by atoms with Gasteiger partial charge in [0.2, 0.25) is 5.91 Å². The molecule has 4 rings (SSSR count). The molecule has 0 bridgehead atoms. The predicted molar refractivity (Wildman–Crippen MR) is 118 cm³/mol. The molecule has 7 heteroatoms. The van der Waals surface area contributed by atoms with Gasteiger partial charge in [0.15, 0.2) is 10.9 Å². The fourth-order valence-corrected chi connectivity index (χ4v) is 3.66. The number of para-hydroxylation sites is 2. The van der Waals surface area contributed by atoms with Gasteiger partial charge in [-0.15, -0.1) is 0 Å². The fourth-order valence-electron chi connectivity index (χ4n) is 2.99. The van der Waals surface area contributed by atoms with Gasteiger partial charge in [-0.2, -0.15) is 0 Å². The molecule has 0 aliphatic heterocycles. The van der Waals surface area contributed by atoms with Crippen molar-refractivity contribution in [1.29, 1.82) is 0 Å². The summed E-state index contributed by atoms with van der Waals surface area (Å²) in [6, 6.07) is 22.8. The number of anilines is 1. The van der Waals surface area contributed by atoms with Gasteiger partial charge in [-0.05, 0) is 24.3 Å². The number of nitrogens with zero attached hydrogens (tertiary/aromatic N) is 1. The van der Waals surface area contributed by atoms with Crippen molar-refractivity contribution in [2.45, 2.75) is 5.16 Å². The third-order valence-corrected chi connectivity index (χ3v) is 5.29. The number of fused-ring (bicyclic) bond motifs is 1. The van der Waals surface area contributed by atoms with Gasteiger partial charge in [-0.25, -0.2) is 4.98 Å². The van der Waals surface area contributed by atoms with Crippen LogP contribution in [0.3, 0.4) is 0 Å². The summed E-state index contributed by atoms with van der Waals surface area (Å²) in [5.41, 5.74) is 1.73. The number of hydrogen-bond donors (Lipinski definition) is 2. The van der Waals surface area contributed by atoms with E-state index >= 15 is 0 Å². The molecule has 0 aliphatic rings. The van der Waals surface area contributed by atoms with E-state index in [0.717, 1.165) is 11.8 Å². The second-order valence-electron chi connectivity index (χ2n) is 6.47. The molecular weight excluding hydrogens is 398 g/mol. The molecule has 0 atom stereocenters. The number of hydrogen-bond acceptors (Lipinski definition) is 5. The Morgan fingerprint density at radius 2 is 1.60 bits per heavy atom. The van der Waals surface area contributed by atoms with E-state index in [2.05, 4.69) is 15.3 Å². The molecule has 1 heterocycles. The van der Waals surface area contributed by atoms with Gasteiger partial charge in [-0.1, -0.05) is 66.4 Å². The Balaban J connectivity index is 1.48. The molecule has 0 aliphatic carbocycles. The van der Waals surface area contributed by atoms with Crippen LogP contribution >= 0.6 is 11.8 Å². The van der Waals surface area contributed by atoms with Crippen LogP contribution in [0.5, 0.6) is 0 Å². The number of thioether (sulfide) groups is 1. The highest BCUT2D eigenvalue weighted by Crippen LogP contribution is 2.20. The summed E-state index contributed by atoms with van der Waals surface area (Å²) in [6.07, 6.45) is 0. The van der Waals surface area contributed by atoms with Crippen LogP contribution in [0.25, 0.3) is 10.9 Å². The number of carbonyl (C=O) groups is 2. The highest BCUT2D eigenvalue weighted by Gasteiger charge is 2.15. The van der Waals surface area contributed by atoms with Crippen LogP contribution < -0.4 is 10.9 Å². The standard InChI is InChI=1S/C23H17N3O3S/c27-20(14-30-23-25-19-13-7-5-11-17(19)22(29)26-23)24-18-12-6-4-10-16(18)21(28)15-8-2-1-3-9-15/h1-13H,14H2,(H,24,27)(H,25,26,29). The average Bonchev–Trinajstić information content (AvgIpc) is 2.78. The average molecular weight is 415 g/mol. The molecule has 30 heavy (non-hydrogen) atoms. The lowest BCUT2D eigenvalue weighted by Gasteiger charge is -2.10. The van der Waals surface area contributed by atoms with Crippen LogP contribution in [0.2, 0.25) is 0 Å². The van der Waals surface area contributed by atoms with E-state index in [1.54, 1.807) is 72.8 Å². The molecule has 6 nitrogen and oxygen atoms in total. The number of amides is 1. The van der Waals surface area contributed by atoms with Crippen molar-refractivity contribution in [1.82, 2.24) is 9.97 Å². The van der Waals surface area contributed by atoms with Gasteiger partial charge in [0, 0.05) is 11.1 Å². The molecule has 0 spiro atoms. The Bertz CT molecular complexity index is 1290. The molecule has 0 radical (unpaired) electrons. The summed E-state index contributed by atoms with van der Waals surface area (Å²) < 4.78 is 0. The second kappa shape index (κ2) is 8.75. The summed E-state index contributed by atoms with van der Waals surface area (Å²) in [5, 5.41) is 3.65. The van der Waals surface area contributed by atoms with E-state index in [0.29, 0.717) is 32.9 Å². The Morgan fingerprint density at radius 1 is 0.900 bits per heavy atom. The summed E-state index contributed by atoms with van der Waals surface area (Å²) >= 11 is 1.12. The smallest absolute Gasteiger partial charge is 0.259 e. The first-order valence-corrected chi connectivity index (χ1v) is 10.2. The third kappa shape index (κ3) is 4.31. The van der Waals surface area contributed by atoms with Crippen LogP contribution in [0.4, 0.5) is 5.69 Å². The van der Waals surface area contributed by atoms with E-state index in [1.807, 2.05) is 6.07 Å². The zero-order valence-electron chi connectivity index (χ0n) is 15.8. The molecule has 2 N–H and O–H groups in total. The summed E-state index contributed by atoms with van der Waals surface area (Å²) in [6.45, 7) is 0. The topological polar surface area (TPSA) is 91.9 Å². The van der Waals surface area contributed by atoms with E-state index in [1.165, 1.54) is 0 Å². The molecule has 4 aromatic rings. The minimum Gasteiger partial charge on any atom is -0.325 e. The first-order valence-electron chi connectivity index (χ1n) is 9.22. The number of aromatic amines is 1. The lowest BCUT2D eigenvalue weighted by atomic mass is 10.0. The predicted octanol–water partition coefficient (Wildman–Crippen LogP) is 3.88. The Hall–Kier alpha value is -3.71. The number of ketones is 1. The maximum Gasteiger partial charge on any atom is 0.259 e. The summed E-state index contributed by atoms with van der Waals surface area (Å²) in [5.74, 6) is -0.432. The quantitative estimate of drug-likeness (QED) is 0.283. The monoisotopic (exact) mass is 415 g/mol. The zero-order valence-corrected chi connectivity index (χ0v) is 16.6. The number of aromatic nitrogens is 2. The van der Waals surface area contributed by atoms with Crippen molar-refractivity contribution in [3.05, 3.63) is 100 Å². The number of nitrogens with one attached hydrogen (secondary N) is 2. The molecule has 0 saturated heterocycles. The number of carbonyl (C=O) groups excluding carboxylic acids is 2. The number of benzene rings is 3. The largest absolute Gasteiger partial charge is 0.325 e. The molecule has 0 saturated carbocycles. The zero-order chi connectivity index (χ0) is 20.9. The van der Waals surface area contributed by atoms with Crippen LogP contribution in [-0.2, 0) is 4.79 Å². The van der Waals surface area contributed by atoms with Gasteiger partial charge in [0.05, 0.1) is 22.3 Å². The molecule has 1 amide bonds. The lowest BCUT2D eigenvalue weighted by Crippen LogP contribution is -2.17. The minimum atomic E-state index is -0.302. The van der Waals surface area contributed by atoms with Gasteiger partial charge in [0.1, 0.15) is 0 Å². The fraction of sp³-hybridized carbons (Fsp3) is 0.0435. The van der Waals surface area contributed by atoms with E-state index in [9.17, 15) is 14.4 Å².